The molecule has 16 heavy (non-hydrogen) atoms. The van der Waals surface area contributed by atoms with Crippen molar-refractivity contribution in [2.24, 2.45) is 4.99 Å². The summed E-state index contributed by atoms with van der Waals surface area (Å²) in [5.74, 6) is -0.266. The van der Waals surface area contributed by atoms with E-state index in [-0.39, 0.29) is 11.7 Å². The standard InChI is InChI=1S/C12H11FN2O/c13-7-1-4-11-9(5-7)10(12(16)15-11)6-14-8-2-3-8/h1,4-6,8,15-16H,2-3H2. The summed E-state index contributed by atoms with van der Waals surface area (Å²) < 4.78 is 13.1. The van der Waals surface area contributed by atoms with E-state index in [1.165, 1.54) is 12.1 Å². The average Bonchev–Trinajstić information content (AvgIpc) is 3.01. The van der Waals surface area contributed by atoms with Gasteiger partial charge in [-0.05, 0) is 31.0 Å². The molecular formula is C12H11FN2O. The fraction of sp³-hybridized carbons (Fsp3) is 0.250. The van der Waals surface area contributed by atoms with Crippen molar-refractivity contribution in [1.29, 1.82) is 0 Å². The second kappa shape index (κ2) is 3.33. The highest BCUT2D eigenvalue weighted by Crippen LogP contribution is 2.28. The van der Waals surface area contributed by atoms with Gasteiger partial charge in [0.2, 0.25) is 0 Å². The van der Waals surface area contributed by atoms with Crippen molar-refractivity contribution >= 4 is 17.1 Å². The number of rotatable bonds is 2. The number of nitrogens with zero attached hydrogens (tertiary/aromatic N) is 1. The largest absolute Gasteiger partial charge is 0.494 e. The first-order chi connectivity index (χ1) is 7.74. The third-order valence-electron chi connectivity index (χ3n) is 2.74. The Bertz CT molecular complexity index is 570. The van der Waals surface area contributed by atoms with Gasteiger partial charge in [0, 0.05) is 17.1 Å². The Labute approximate surface area is 91.6 Å². The van der Waals surface area contributed by atoms with Gasteiger partial charge in [-0.1, -0.05) is 0 Å². The summed E-state index contributed by atoms with van der Waals surface area (Å²) in [6.45, 7) is 0. The van der Waals surface area contributed by atoms with Crippen LogP contribution in [0.15, 0.2) is 23.2 Å². The molecule has 3 rings (SSSR count). The van der Waals surface area contributed by atoms with Crippen LogP contribution in [0.25, 0.3) is 10.9 Å². The maximum absolute atomic E-state index is 13.1. The number of aromatic amines is 1. The fourth-order valence-electron chi connectivity index (χ4n) is 1.71. The molecule has 3 nitrogen and oxygen atoms in total. The van der Waals surface area contributed by atoms with Crippen molar-refractivity contribution in [3.8, 4) is 5.88 Å². The van der Waals surface area contributed by atoms with Crippen molar-refractivity contribution in [3.05, 3.63) is 29.6 Å². The van der Waals surface area contributed by atoms with E-state index in [0.29, 0.717) is 17.0 Å². The molecule has 82 valence electrons. The summed E-state index contributed by atoms with van der Waals surface area (Å²) in [4.78, 5) is 7.09. The van der Waals surface area contributed by atoms with E-state index >= 15 is 0 Å². The second-order valence-corrected chi connectivity index (χ2v) is 4.09. The molecule has 1 heterocycles. The Kier molecular flexibility index (Phi) is 1.96. The Morgan fingerprint density at radius 3 is 3.00 bits per heavy atom. The van der Waals surface area contributed by atoms with E-state index in [4.69, 9.17) is 0 Å². The number of H-pyrrole nitrogens is 1. The number of benzene rings is 1. The van der Waals surface area contributed by atoms with Crippen molar-refractivity contribution in [3.63, 3.8) is 0 Å². The molecule has 4 heteroatoms. The molecule has 2 N–H and O–H groups in total. The molecule has 1 aromatic carbocycles. The monoisotopic (exact) mass is 218 g/mol. The van der Waals surface area contributed by atoms with Crippen LogP contribution in [0.3, 0.4) is 0 Å². The highest BCUT2D eigenvalue weighted by Gasteiger charge is 2.19. The Morgan fingerprint density at radius 1 is 1.44 bits per heavy atom. The first-order valence-electron chi connectivity index (χ1n) is 5.27. The van der Waals surface area contributed by atoms with Crippen molar-refractivity contribution in [2.75, 3.05) is 0 Å². The third-order valence-corrected chi connectivity index (χ3v) is 2.74. The third kappa shape index (κ3) is 1.56. The molecule has 1 saturated carbocycles. The maximum atomic E-state index is 13.1. The van der Waals surface area contributed by atoms with Crippen LogP contribution in [0.1, 0.15) is 18.4 Å². The zero-order valence-corrected chi connectivity index (χ0v) is 8.57. The van der Waals surface area contributed by atoms with Crippen LogP contribution in [-0.4, -0.2) is 22.3 Å². The fourth-order valence-corrected chi connectivity index (χ4v) is 1.71. The van der Waals surface area contributed by atoms with Gasteiger partial charge in [-0.15, -0.1) is 0 Å². The minimum Gasteiger partial charge on any atom is -0.494 e. The van der Waals surface area contributed by atoms with E-state index in [2.05, 4.69) is 9.98 Å². The number of aliphatic imine (C=N–C) groups is 1. The zero-order chi connectivity index (χ0) is 11.1. The number of fused-ring (bicyclic) bond motifs is 1. The van der Waals surface area contributed by atoms with Gasteiger partial charge in [0.15, 0.2) is 5.88 Å². The predicted octanol–water partition coefficient (Wildman–Crippen LogP) is 2.59. The molecule has 2 aromatic rings. The molecule has 1 aliphatic rings. The number of nitrogens with one attached hydrogen (secondary N) is 1. The molecule has 0 atom stereocenters. The SMILES string of the molecule is Oc1[nH]c2ccc(F)cc2c1C=NC1CC1. The lowest BCUT2D eigenvalue weighted by molar-refractivity contribution is 0.457. The summed E-state index contributed by atoms with van der Waals surface area (Å²) in [7, 11) is 0. The Balaban J connectivity index is 2.12. The van der Waals surface area contributed by atoms with Crippen LogP contribution < -0.4 is 0 Å². The van der Waals surface area contributed by atoms with Crippen LogP contribution in [0, 0.1) is 5.82 Å². The zero-order valence-electron chi connectivity index (χ0n) is 8.57. The predicted molar refractivity (Wildman–Crippen MR) is 60.5 cm³/mol. The maximum Gasteiger partial charge on any atom is 0.198 e. The lowest BCUT2D eigenvalue weighted by atomic mass is 10.2. The molecule has 1 aliphatic carbocycles. The van der Waals surface area contributed by atoms with Crippen LogP contribution in [0.4, 0.5) is 4.39 Å². The van der Waals surface area contributed by atoms with Crippen LogP contribution in [0.5, 0.6) is 5.88 Å². The Hall–Kier alpha value is -1.84. The smallest absolute Gasteiger partial charge is 0.198 e. The lowest BCUT2D eigenvalue weighted by Gasteiger charge is -1.92. The number of hydrogen-bond acceptors (Lipinski definition) is 2. The number of aromatic nitrogens is 1. The second-order valence-electron chi connectivity index (χ2n) is 4.09. The molecule has 0 aliphatic heterocycles. The molecule has 0 bridgehead atoms. The first kappa shape index (κ1) is 9.39. The minimum atomic E-state index is -0.312. The van der Waals surface area contributed by atoms with Crippen LogP contribution in [0.2, 0.25) is 0 Å². The van der Waals surface area contributed by atoms with Crippen molar-refractivity contribution < 1.29 is 9.50 Å². The summed E-state index contributed by atoms with van der Waals surface area (Å²) in [6, 6.07) is 4.76. The van der Waals surface area contributed by atoms with Crippen molar-refractivity contribution in [2.45, 2.75) is 18.9 Å². The van der Waals surface area contributed by atoms with Gasteiger partial charge in [-0.3, -0.25) is 4.99 Å². The molecule has 0 radical (unpaired) electrons. The molecule has 0 spiro atoms. The Morgan fingerprint density at radius 2 is 2.25 bits per heavy atom. The van der Waals surface area contributed by atoms with E-state index in [0.717, 1.165) is 18.4 Å². The molecule has 0 saturated heterocycles. The minimum absolute atomic E-state index is 0.0463. The first-order valence-corrected chi connectivity index (χ1v) is 5.27. The molecule has 0 amide bonds. The highest BCUT2D eigenvalue weighted by atomic mass is 19.1. The van der Waals surface area contributed by atoms with E-state index in [9.17, 15) is 9.50 Å². The molecular weight excluding hydrogens is 207 g/mol. The van der Waals surface area contributed by atoms with Gasteiger partial charge in [0.1, 0.15) is 5.82 Å². The van der Waals surface area contributed by atoms with Crippen LogP contribution >= 0.6 is 0 Å². The quantitative estimate of drug-likeness (QED) is 0.748. The summed E-state index contributed by atoms with van der Waals surface area (Å²) in [5.41, 5.74) is 1.29. The molecule has 1 fully saturated rings. The highest BCUT2D eigenvalue weighted by molar-refractivity contribution is 6.02. The van der Waals surface area contributed by atoms with Gasteiger partial charge in [-0.2, -0.15) is 0 Å². The molecule has 0 unspecified atom stereocenters. The van der Waals surface area contributed by atoms with Gasteiger partial charge in [0.05, 0.1) is 11.6 Å². The van der Waals surface area contributed by atoms with E-state index < -0.39 is 0 Å². The van der Waals surface area contributed by atoms with Gasteiger partial charge in [0.25, 0.3) is 0 Å². The van der Waals surface area contributed by atoms with Crippen molar-refractivity contribution in [1.82, 2.24) is 4.98 Å². The van der Waals surface area contributed by atoms with Gasteiger partial charge in [-0.25, -0.2) is 4.39 Å². The topological polar surface area (TPSA) is 48.4 Å². The average molecular weight is 218 g/mol. The number of halogens is 1. The van der Waals surface area contributed by atoms with Gasteiger partial charge >= 0.3 is 0 Å². The summed E-state index contributed by atoms with van der Waals surface area (Å²) >= 11 is 0. The van der Waals surface area contributed by atoms with Crippen LogP contribution in [-0.2, 0) is 0 Å². The lowest BCUT2D eigenvalue weighted by Crippen LogP contribution is -1.83. The normalized spacial score (nSPS) is 16.3. The van der Waals surface area contributed by atoms with Gasteiger partial charge < -0.3 is 10.1 Å². The molecule has 1 aromatic heterocycles. The number of hydrogen-bond donors (Lipinski definition) is 2. The summed E-state index contributed by atoms with van der Waals surface area (Å²) in [6.07, 6.45) is 3.84. The van der Waals surface area contributed by atoms with E-state index in [1.807, 2.05) is 0 Å². The summed E-state index contributed by atoms with van der Waals surface area (Å²) in [5, 5.41) is 10.4. The number of aromatic hydroxyl groups is 1. The van der Waals surface area contributed by atoms with E-state index in [1.54, 1.807) is 12.3 Å².